The number of amides is 1. The number of carbonyl (C=O) groups excluding carboxylic acids is 1. The number of aromatic nitrogens is 2. The van der Waals surface area contributed by atoms with E-state index >= 15 is 0 Å². The second kappa shape index (κ2) is 5.00. The summed E-state index contributed by atoms with van der Waals surface area (Å²) in [4.78, 5) is 13.9. The zero-order chi connectivity index (χ0) is 13.2. The summed E-state index contributed by atoms with van der Waals surface area (Å²) in [5.74, 6) is 0. The van der Waals surface area contributed by atoms with Gasteiger partial charge in [0.05, 0.1) is 12.6 Å². The number of likely N-dealkylation sites (tertiary alicyclic amines) is 1. The fraction of sp³-hybridized carbons (Fsp3) is 0.692. The molecule has 0 N–H and O–H groups in total. The highest BCUT2D eigenvalue weighted by atomic mass is 16.6. The average Bonchev–Trinajstić information content (AvgIpc) is 2.86. The van der Waals surface area contributed by atoms with E-state index in [0.717, 1.165) is 25.9 Å². The van der Waals surface area contributed by atoms with E-state index in [-0.39, 0.29) is 12.1 Å². The molecule has 1 aromatic heterocycles. The summed E-state index contributed by atoms with van der Waals surface area (Å²) < 4.78 is 7.30. The Kier molecular flexibility index (Phi) is 3.59. The van der Waals surface area contributed by atoms with Gasteiger partial charge in [-0.25, -0.2) is 4.79 Å². The third-order valence-electron chi connectivity index (χ3n) is 2.96. The van der Waals surface area contributed by atoms with Gasteiger partial charge in [0.15, 0.2) is 0 Å². The molecule has 0 spiro atoms. The van der Waals surface area contributed by atoms with E-state index in [1.807, 2.05) is 42.6 Å². The quantitative estimate of drug-likeness (QED) is 0.810. The minimum absolute atomic E-state index is 0.194. The van der Waals surface area contributed by atoms with Crippen molar-refractivity contribution >= 4 is 6.09 Å². The second-order valence-electron chi connectivity index (χ2n) is 5.70. The highest BCUT2D eigenvalue weighted by molar-refractivity contribution is 5.68. The SMILES string of the molecule is CC(C)(C)OC(=O)N1CCCC1Cn1cccn1. The van der Waals surface area contributed by atoms with Crippen LogP contribution in [-0.2, 0) is 11.3 Å². The van der Waals surface area contributed by atoms with Gasteiger partial charge in [0.25, 0.3) is 0 Å². The van der Waals surface area contributed by atoms with E-state index in [1.54, 1.807) is 6.20 Å². The van der Waals surface area contributed by atoms with Crippen LogP contribution >= 0.6 is 0 Å². The number of hydrogen-bond acceptors (Lipinski definition) is 3. The summed E-state index contributed by atoms with van der Waals surface area (Å²) in [6, 6.07) is 2.09. The van der Waals surface area contributed by atoms with E-state index in [4.69, 9.17) is 4.74 Å². The summed E-state index contributed by atoms with van der Waals surface area (Å²) >= 11 is 0. The molecule has 0 aliphatic carbocycles. The van der Waals surface area contributed by atoms with Crippen molar-refractivity contribution in [1.82, 2.24) is 14.7 Å². The molecule has 1 aliphatic heterocycles. The van der Waals surface area contributed by atoms with Crippen molar-refractivity contribution in [2.24, 2.45) is 0 Å². The fourth-order valence-corrected chi connectivity index (χ4v) is 2.21. The molecule has 0 saturated carbocycles. The van der Waals surface area contributed by atoms with Gasteiger partial charge >= 0.3 is 6.09 Å². The first-order chi connectivity index (χ1) is 8.46. The lowest BCUT2D eigenvalue weighted by Gasteiger charge is -2.28. The van der Waals surface area contributed by atoms with E-state index in [0.29, 0.717) is 0 Å². The summed E-state index contributed by atoms with van der Waals surface area (Å²) in [5, 5.41) is 4.19. The Bertz CT molecular complexity index is 395. The zero-order valence-corrected chi connectivity index (χ0v) is 11.3. The Morgan fingerprint density at radius 2 is 2.28 bits per heavy atom. The third-order valence-corrected chi connectivity index (χ3v) is 2.96. The van der Waals surface area contributed by atoms with Gasteiger partial charge in [0.2, 0.25) is 0 Å². The van der Waals surface area contributed by atoms with Crippen LogP contribution in [0.5, 0.6) is 0 Å². The molecule has 2 rings (SSSR count). The Morgan fingerprint density at radius 1 is 1.50 bits per heavy atom. The largest absolute Gasteiger partial charge is 0.444 e. The standard InChI is InChI=1S/C13H21N3O2/c1-13(2,3)18-12(17)16-9-4-6-11(16)10-15-8-5-7-14-15/h5,7-8,11H,4,6,9-10H2,1-3H3. The van der Waals surface area contributed by atoms with Gasteiger partial charge in [-0.05, 0) is 39.7 Å². The normalized spacial score (nSPS) is 20.2. The van der Waals surface area contributed by atoms with Crippen LogP contribution < -0.4 is 0 Å². The average molecular weight is 251 g/mol. The summed E-state index contributed by atoms with van der Waals surface area (Å²) in [5.41, 5.74) is -0.435. The molecule has 0 radical (unpaired) electrons. The number of hydrogen-bond donors (Lipinski definition) is 0. The molecule has 1 atom stereocenters. The van der Waals surface area contributed by atoms with Crippen LogP contribution in [0.2, 0.25) is 0 Å². The van der Waals surface area contributed by atoms with E-state index in [2.05, 4.69) is 5.10 Å². The van der Waals surface area contributed by atoms with Crippen LogP contribution in [0.25, 0.3) is 0 Å². The molecule has 0 bridgehead atoms. The number of rotatable bonds is 2. The van der Waals surface area contributed by atoms with Crippen molar-refractivity contribution in [3.8, 4) is 0 Å². The van der Waals surface area contributed by atoms with Crippen molar-refractivity contribution in [2.45, 2.75) is 51.8 Å². The molecule has 0 aromatic carbocycles. The molecule has 2 heterocycles. The first-order valence-electron chi connectivity index (χ1n) is 6.43. The van der Waals surface area contributed by atoms with Crippen LogP contribution in [0, 0.1) is 0 Å². The maximum Gasteiger partial charge on any atom is 0.410 e. The highest BCUT2D eigenvalue weighted by Crippen LogP contribution is 2.21. The lowest BCUT2D eigenvalue weighted by molar-refractivity contribution is 0.0211. The minimum Gasteiger partial charge on any atom is -0.444 e. The van der Waals surface area contributed by atoms with E-state index in [9.17, 15) is 4.79 Å². The Balaban J connectivity index is 1.97. The summed E-state index contributed by atoms with van der Waals surface area (Å²) in [7, 11) is 0. The second-order valence-corrected chi connectivity index (χ2v) is 5.70. The minimum atomic E-state index is -0.435. The lowest BCUT2D eigenvalue weighted by Crippen LogP contribution is -2.41. The molecule has 100 valence electrons. The van der Waals surface area contributed by atoms with Gasteiger partial charge in [-0.3, -0.25) is 4.68 Å². The maximum atomic E-state index is 12.1. The topological polar surface area (TPSA) is 47.4 Å². The molecule has 18 heavy (non-hydrogen) atoms. The van der Waals surface area contributed by atoms with Gasteiger partial charge in [-0.15, -0.1) is 0 Å². The van der Waals surface area contributed by atoms with Crippen molar-refractivity contribution in [3.63, 3.8) is 0 Å². The van der Waals surface area contributed by atoms with Crippen molar-refractivity contribution in [2.75, 3.05) is 6.54 Å². The van der Waals surface area contributed by atoms with Gasteiger partial charge in [-0.2, -0.15) is 5.10 Å². The molecule has 1 unspecified atom stereocenters. The highest BCUT2D eigenvalue weighted by Gasteiger charge is 2.32. The van der Waals surface area contributed by atoms with Gasteiger partial charge < -0.3 is 9.64 Å². The summed E-state index contributed by atoms with van der Waals surface area (Å²) in [6.45, 7) is 7.20. The van der Waals surface area contributed by atoms with Crippen LogP contribution in [0.4, 0.5) is 4.79 Å². The van der Waals surface area contributed by atoms with Crippen LogP contribution in [-0.4, -0.2) is 39.0 Å². The van der Waals surface area contributed by atoms with Gasteiger partial charge in [0.1, 0.15) is 5.60 Å². The Morgan fingerprint density at radius 3 is 2.89 bits per heavy atom. The first-order valence-corrected chi connectivity index (χ1v) is 6.43. The van der Waals surface area contributed by atoms with Crippen LogP contribution in [0.15, 0.2) is 18.5 Å². The molecular formula is C13H21N3O2. The maximum absolute atomic E-state index is 12.1. The van der Waals surface area contributed by atoms with Crippen LogP contribution in [0.3, 0.4) is 0 Å². The third kappa shape index (κ3) is 3.24. The number of nitrogens with zero attached hydrogens (tertiary/aromatic N) is 3. The zero-order valence-electron chi connectivity index (χ0n) is 11.3. The first kappa shape index (κ1) is 12.9. The molecule has 1 aliphatic rings. The van der Waals surface area contributed by atoms with Crippen LogP contribution in [0.1, 0.15) is 33.6 Å². The molecule has 5 nitrogen and oxygen atoms in total. The monoisotopic (exact) mass is 251 g/mol. The molecular weight excluding hydrogens is 230 g/mol. The lowest BCUT2D eigenvalue weighted by atomic mass is 10.2. The molecule has 1 amide bonds. The van der Waals surface area contributed by atoms with E-state index < -0.39 is 5.60 Å². The Labute approximate surface area is 108 Å². The number of carbonyl (C=O) groups is 1. The van der Waals surface area contributed by atoms with Gasteiger partial charge in [0, 0.05) is 18.9 Å². The molecule has 1 saturated heterocycles. The smallest absolute Gasteiger partial charge is 0.410 e. The Hall–Kier alpha value is -1.52. The number of ether oxygens (including phenoxy) is 1. The molecule has 5 heteroatoms. The van der Waals surface area contributed by atoms with E-state index in [1.165, 1.54) is 0 Å². The predicted molar refractivity (Wildman–Crippen MR) is 68.2 cm³/mol. The van der Waals surface area contributed by atoms with Crippen molar-refractivity contribution < 1.29 is 9.53 Å². The molecule has 1 fully saturated rings. The van der Waals surface area contributed by atoms with Gasteiger partial charge in [-0.1, -0.05) is 0 Å². The molecule has 1 aromatic rings. The van der Waals surface area contributed by atoms with Crippen molar-refractivity contribution in [3.05, 3.63) is 18.5 Å². The predicted octanol–water partition coefficient (Wildman–Crippen LogP) is 2.28. The van der Waals surface area contributed by atoms with Crippen molar-refractivity contribution in [1.29, 1.82) is 0 Å². The summed E-state index contributed by atoms with van der Waals surface area (Å²) in [6.07, 6.45) is 5.51. The fourth-order valence-electron chi connectivity index (χ4n) is 2.21.